The standard InChI is InChI=1S/C15H16N4O4.ClH/c20-14-9-12(15(21)18-6-1-4-16-5-7-18)11-8-10(19(22)23)2-3-13(11)17-14;/h2-3,8-9,16H,1,4-7H2,(H,17,20);1H. The Hall–Kier alpha value is -2.45. The topological polar surface area (TPSA) is 108 Å². The van der Waals surface area contributed by atoms with E-state index in [-0.39, 0.29) is 29.6 Å². The quantitative estimate of drug-likeness (QED) is 0.625. The number of benzene rings is 1. The number of aromatic nitrogens is 1. The molecule has 24 heavy (non-hydrogen) atoms. The molecule has 1 aliphatic heterocycles. The van der Waals surface area contributed by atoms with Crippen LogP contribution < -0.4 is 10.9 Å². The van der Waals surface area contributed by atoms with E-state index in [9.17, 15) is 19.7 Å². The number of nitrogens with zero attached hydrogens (tertiary/aromatic N) is 2. The minimum Gasteiger partial charge on any atom is -0.337 e. The smallest absolute Gasteiger partial charge is 0.270 e. The first kappa shape index (κ1) is 17.9. The van der Waals surface area contributed by atoms with Gasteiger partial charge in [0.15, 0.2) is 0 Å². The largest absolute Gasteiger partial charge is 0.337 e. The van der Waals surface area contributed by atoms with Crippen LogP contribution >= 0.6 is 12.4 Å². The number of fused-ring (bicyclic) bond motifs is 1. The van der Waals surface area contributed by atoms with E-state index in [2.05, 4.69) is 10.3 Å². The number of amides is 1. The molecule has 0 unspecified atom stereocenters. The minimum atomic E-state index is -0.519. The number of carbonyl (C=O) groups excluding carboxylic acids is 1. The van der Waals surface area contributed by atoms with E-state index in [1.807, 2.05) is 0 Å². The van der Waals surface area contributed by atoms with Gasteiger partial charge < -0.3 is 15.2 Å². The molecule has 0 bridgehead atoms. The van der Waals surface area contributed by atoms with Gasteiger partial charge in [0.05, 0.1) is 10.5 Å². The highest BCUT2D eigenvalue weighted by Gasteiger charge is 2.21. The summed E-state index contributed by atoms with van der Waals surface area (Å²) in [6.45, 7) is 2.66. The summed E-state index contributed by atoms with van der Waals surface area (Å²) in [5.41, 5.74) is 0.104. The third-order valence-corrected chi connectivity index (χ3v) is 3.90. The molecular formula is C15H17ClN4O4. The molecule has 2 N–H and O–H groups in total. The Balaban J connectivity index is 0.00000208. The van der Waals surface area contributed by atoms with Gasteiger partial charge >= 0.3 is 0 Å². The average molecular weight is 353 g/mol. The molecule has 1 aliphatic rings. The fourth-order valence-electron chi connectivity index (χ4n) is 2.75. The van der Waals surface area contributed by atoms with Gasteiger partial charge in [0.1, 0.15) is 0 Å². The molecular weight excluding hydrogens is 336 g/mol. The molecule has 3 rings (SSSR count). The molecule has 1 fully saturated rings. The van der Waals surface area contributed by atoms with E-state index in [1.54, 1.807) is 4.90 Å². The second-order valence-corrected chi connectivity index (χ2v) is 5.43. The van der Waals surface area contributed by atoms with Crippen molar-refractivity contribution in [3.8, 4) is 0 Å². The maximum absolute atomic E-state index is 12.8. The van der Waals surface area contributed by atoms with Crippen LogP contribution in [-0.4, -0.2) is 46.9 Å². The summed E-state index contributed by atoms with van der Waals surface area (Å²) in [6.07, 6.45) is 0.826. The molecule has 0 radical (unpaired) electrons. The third kappa shape index (κ3) is 3.55. The van der Waals surface area contributed by atoms with Crippen molar-refractivity contribution in [1.29, 1.82) is 0 Å². The Bertz CT molecular complexity index is 828. The van der Waals surface area contributed by atoms with E-state index < -0.39 is 10.5 Å². The van der Waals surface area contributed by atoms with Gasteiger partial charge in [-0.05, 0) is 19.0 Å². The Labute approximate surface area is 143 Å². The van der Waals surface area contributed by atoms with Gasteiger partial charge in [0.2, 0.25) is 5.56 Å². The monoisotopic (exact) mass is 352 g/mol. The third-order valence-electron chi connectivity index (χ3n) is 3.90. The fourth-order valence-corrected chi connectivity index (χ4v) is 2.75. The Morgan fingerprint density at radius 2 is 2.00 bits per heavy atom. The zero-order valence-corrected chi connectivity index (χ0v) is 13.6. The number of H-pyrrole nitrogens is 1. The maximum Gasteiger partial charge on any atom is 0.270 e. The molecule has 0 aliphatic carbocycles. The minimum absolute atomic E-state index is 0. The molecule has 9 heteroatoms. The van der Waals surface area contributed by atoms with E-state index >= 15 is 0 Å². The first-order valence-electron chi connectivity index (χ1n) is 7.38. The van der Waals surface area contributed by atoms with Crippen molar-refractivity contribution >= 4 is 34.9 Å². The Kier molecular flexibility index (Phi) is 5.53. The van der Waals surface area contributed by atoms with Crippen molar-refractivity contribution < 1.29 is 9.72 Å². The van der Waals surface area contributed by atoms with Crippen molar-refractivity contribution in [2.75, 3.05) is 26.2 Å². The Morgan fingerprint density at radius 1 is 1.21 bits per heavy atom. The molecule has 2 aromatic rings. The second-order valence-electron chi connectivity index (χ2n) is 5.43. The lowest BCUT2D eigenvalue weighted by molar-refractivity contribution is -0.384. The summed E-state index contributed by atoms with van der Waals surface area (Å²) in [4.78, 5) is 39.3. The predicted octanol–water partition coefficient (Wildman–Crippen LogP) is 1.29. The van der Waals surface area contributed by atoms with Crippen LogP contribution in [0.2, 0.25) is 0 Å². The highest BCUT2D eigenvalue weighted by Crippen LogP contribution is 2.22. The lowest BCUT2D eigenvalue weighted by Crippen LogP contribution is -2.34. The van der Waals surface area contributed by atoms with Crippen LogP contribution in [0.4, 0.5) is 5.69 Å². The molecule has 1 saturated heterocycles. The molecule has 1 aromatic carbocycles. The number of nitro benzene ring substituents is 1. The van der Waals surface area contributed by atoms with Gasteiger partial charge in [-0.3, -0.25) is 19.7 Å². The number of nitrogens with one attached hydrogen (secondary N) is 2. The fraction of sp³-hybridized carbons (Fsp3) is 0.333. The first-order valence-corrected chi connectivity index (χ1v) is 7.38. The first-order chi connectivity index (χ1) is 11.1. The number of non-ortho nitro benzene ring substituents is 1. The Morgan fingerprint density at radius 3 is 2.75 bits per heavy atom. The number of halogens is 1. The maximum atomic E-state index is 12.8. The zero-order chi connectivity index (χ0) is 16.4. The van der Waals surface area contributed by atoms with Gasteiger partial charge in [0, 0.05) is 48.7 Å². The van der Waals surface area contributed by atoms with E-state index in [1.165, 1.54) is 24.3 Å². The summed E-state index contributed by atoms with van der Waals surface area (Å²) in [5, 5.41) is 14.6. The number of nitro groups is 1. The van der Waals surface area contributed by atoms with Crippen molar-refractivity contribution in [2.45, 2.75) is 6.42 Å². The van der Waals surface area contributed by atoms with Crippen LogP contribution in [0.3, 0.4) is 0 Å². The van der Waals surface area contributed by atoms with Gasteiger partial charge in [-0.2, -0.15) is 0 Å². The van der Waals surface area contributed by atoms with Crippen LogP contribution in [0.15, 0.2) is 29.1 Å². The molecule has 1 amide bonds. The number of hydrogen-bond acceptors (Lipinski definition) is 5. The van der Waals surface area contributed by atoms with Gasteiger partial charge in [0.25, 0.3) is 11.6 Å². The summed E-state index contributed by atoms with van der Waals surface area (Å²) >= 11 is 0. The van der Waals surface area contributed by atoms with Crippen LogP contribution in [-0.2, 0) is 0 Å². The van der Waals surface area contributed by atoms with E-state index in [0.29, 0.717) is 30.5 Å². The highest BCUT2D eigenvalue weighted by atomic mass is 35.5. The normalized spacial score (nSPS) is 14.8. The SMILES string of the molecule is Cl.O=C(c1cc(=O)[nH]c2ccc([N+](=O)[O-])cc12)N1CCCNCC1. The number of rotatable bonds is 2. The average Bonchev–Trinajstić information content (AvgIpc) is 2.82. The van der Waals surface area contributed by atoms with E-state index in [0.717, 1.165) is 13.0 Å². The van der Waals surface area contributed by atoms with Gasteiger partial charge in [-0.15, -0.1) is 12.4 Å². The lowest BCUT2D eigenvalue weighted by atomic mass is 10.1. The predicted molar refractivity (Wildman–Crippen MR) is 91.9 cm³/mol. The summed E-state index contributed by atoms with van der Waals surface area (Å²) in [7, 11) is 0. The molecule has 1 aromatic heterocycles. The van der Waals surface area contributed by atoms with Crippen LogP contribution in [0.1, 0.15) is 16.8 Å². The molecule has 0 atom stereocenters. The number of carbonyl (C=O) groups is 1. The molecule has 2 heterocycles. The molecule has 0 spiro atoms. The van der Waals surface area contributed by atoms with Crippen LogP contribution in [0, 0.1) is 10.1 Å². The second kappa shape index (κ2) is 7.41. The molecule has 0 saturated carbocycles. The zero-order valence-electron chi connectivity index (χ0n) is 12.8. The highest BCUT2D eigenvalue weighted by molar-refractivity contribution is 6.06. The lowest BCUT2D eigenvalue weighted by Gasteiger charge is -2.20. The summed E-state index contributed by atoms with van der Waals surface area (Å²) in [5.74, 6) is -0.273. The molecule has 128 valence electrons. The van der Waals surface area contributed by atoms with Crippen LogP contribution in [0.25, 0.3) is 10.9 Å². The van der Waals surface area contributed by atoms with Crippen LogP contribution in [0.5, 0.6) is 0 Å². The summed E-state index contributed by atoms with van der Waals surface area (Å²) in [6, 6.07) is 5.30. The van der Waals surface area contributed by atoms with E-state index in [4.69, 9.17) is 0 Å². The molecule has 8 nitrogen and oxygen atoms in total. The van der Waals surface area contributed by atoms with Gasteiger partial charge in [-0.25, -0.2) is 0 Å². The van der Waals surface area contributed by atoms with Gasteiger partial charge in [-0.1, -0.05) is 0 Å². The number of aromatic amines is 1. The van der Waals surface area contributed by atoms with Crippen molar-refractivity contribution in [3.05, 3.63) is 50.3 Å². The summed E-state index contributed by atoms with van der Waals surface area (Å²) < 4.78 is 0. The van der Waals surface area contributed by atoms with Crippen molar-refractivity contribution in [3.63, 3.8) is 0 Å². The number of hydrogen-bond donors (Lipinski definition) is 2. The van der Waals surface area contributed by atoms with Crippen molar-refractivity contribution in [2.24, 2.45) is 0 Å². The number of pyridine rings is 1. The van der Waals surface area contributed by atoms with Crippen molar-refractivity contribution in [1.82, 2.24) is 15.2 Å².